The largest absolute Gasteiger partial charge is 0.490 e. The van der Waals surface area contributed by atoms with Gasteiger partial charge < -0.3 is 13.9 Å². The summed E-state index contributed by atoms with van der Waals surface area (Å²) in [5.41, 5.74) is 1.32. The summed E-state index contributed by atoms with van der Waals surface area (Å²) in [4.78, 5) is 2.45. The summed E-state index contributed by atoms with van der Waals surface area (Å²) in [6.07, 6.45) is 11.7. The molecule has 148 valence electrons. The van der Waals surface area contributed by atoms with Crippen LogP contribution in [0.3, 0.4) is 0 Å². The maximum Gasteiger partial charge on any atom is 0.146 e. The summed E-state index contributed by atoms with van der Waals surface area (Å²) in [6, 6.07) is 9.42. The smallest absolute Gasteiger partial charge is 0.146 e. The molecule has 2 aliphatic rings. The molecule has 0 radical (unpaired) electrons. The van der Waals surface area contributed by atoms with Crippen LogP contribution in [0.5, 0.6) is 5.75 Å². The van der Waals surface area contributed by atoms with E-state index in [1.54, 1.807) is 6.33 Å². The number of fused-ring (bicyclic) bond motifs is 1. The van der Waals surface area contributed by atoms with E-state index in [1.807, 2.05) is 11.6 Å². The molecule has 6 heteroatoms. The van der Waals surface area contributed by atoms with E-state index >= 15 is 0 Å². The zero-order valence-electron chi connectivity index (χ0n) is 16.6. The number of piperidine rings is 1. The van der Waals surface area contributed by atoms with Gasteiger partial charge in [0, 0.05) is 37.8 Å². The fourth-order valence-corrected chi connectivity index (χ4v) is 4.78. The van der Waals surface area contributed by atoms with E-state index < -0.39 is 0 Å². The molecule has 1 aromatic carbocycles. The lowest BCUT2D eigenvalue weighted by Gasteiger charge is -2.31. The number of likely N-dealkylation sites (tertiary alicyclic amines) is 1. The Balaban J connectivity index is 1.24. The van der Waals surface area contributed by atoms with Gasteiger partial charge in [0.15, 0.2) is 0 Å². The second-order valence-electron chi connectivity index (χ2n) is 8.30. The minimum atomic E-state index is 0.288. The van der Waals surface area contributed by atoms with Crippen LogP contribution in [-0.2, 0) is 13.6 Å². The molecule has 0 amide bonds. The fourth-order valence-electron chi connectivity index (χ4n) is 4.78. The third-order valence-corrected chi connectivity index (χ3v) is 6.44. The van der Waals surface area contributed by atoms with Crippen LogP contribution in [0, 0.1) is 0 Å². The van der Waals surface area contributed by atoms with Crippen molar-refractivity contribution >= 4 is 10.9 Å². The minimum Gasteiger partial charge on any atom is -0.490 e. The number of aryl methyl sites for hydroxylation is 1. The number of benzene rings is 1. The highest BCUT2D eigenvalue weighted by atomic mass is 16.5. The molecule has 5 rings (SSSR count). The van der Waals surface area contributed by atoms with Crippen LogP contribution in [-0.4, -0.2) is 43.4 Å². The lowest BCUT2D eigenvalue weighted by Crippen LogP contribution is -2.38. The lowest BCUT2D eigenvalue weighted by atomic mass is 10.1. The highest BCUT2D eigenvalue weighted by Crippen LogP contribution is 2.36. The van der Waals surface area contributed by atoms with Crippen molar-refractivity contribution in [3.63, 3.8) is 0 Å². The standard InChI is InChI=1S/C22H29N5O/c1-25-16-23-24-22(25)15-26-12-9-18(10-13-26)28-21-8-4-7-20-19(21)11-14-27(20)17-5-2-3-6-17/h4,7-8,11,14,16-18H,2-3,5-6,9-10,12-13,15H2,1H3. The highest BCUT2D eigenvalue weighted by Gasteiger charge is 2.23. The SMILES string of the molecule is Cn1cnnc1CN1CCC(Oc2cccc3c2ccn3C2CCCC2)CC1. The Morgan fingerprint density at radius 3 is 2.64 bits per heavy atom. The molecule has 0 bridgehead atoms. The molecule has 28 heavy (non-hydrogen) atoms. The van der Waals surface area contributed by atoms with Crippen LogP contribution in [0.15, 0.2) is 36.8 Å². The average molecular weight is 380 g/mol. The minimum absolute atomic E-state index is 0.288. The number of ether oxygens (including phenoxy) is 1. The first kappa shape index (κ1) is 17.7. The van der Waals surface area contributed by atoms with Gasteiger partial charge in [-0.2, -0.15) is 0 Å². The molecule has 3 heterocycles. The summed E-state index contributed by atoms with van der Waals surface area (Å²) in [7, 11) is 2.00. The Morgan fingerprint density at radius 2 is 1.89 bits per heavy atom. The van der Waals surface area contributed by atoms with E-state index in [4.69, 9.17) is 4.74 Å². The first-order valence-electron chi connectivity index (χ1n) is 10.6. The van der Waals surface area contributed by atoms with Crippen LogP contribution in [0.2, 0.25) is 0 Å². The Labute approximate surface area is 166 Å². The van der Waals surface area contributed by atoms with Crippen molar-refractivity contribution in [3.8, 4) is 5.75 Å². The molecular formula is C22H29N5O. The molecule has 1 aliphatic carbocycles. The summed E-state index contributed by atoms with van der Waals surface area (Å²) in [5.74, 6) is 2.07. The molecule has 0 N–H and O–H groups in total. The van der Waals surface area contributed by atoms with Gasteiger partial charge in [-0.3, -0.25) is 4.90 Å². The predicted molar refractivity (Wildman–Crippen MR) is 109 cm³/mol. The Hall–Kier alpha value is -2.34. The first-order valence-corrected chi connectivity index (χ1v) is 10.6. The lowest BCUT2D eigenvalue weighted by molar-refractivity contribution is 0.0960. The first-order chi connectivity index (χ1) is 13.8. The van der Waals surface area contributed by atoms with E-state index in [2.05, 4.69) is 50.1 Å². The zero-order valence-corrected chi connectivity index (χ0v) is 16.6. The molecule has 6 nitrogen and oxygen atoms in total. The van der Waals surface area contributed by atoms with Crippen molar-refractivity contribution in [1.29, 1.82) is 0 Å². The van der Waals surface area contributed by atoms with Crippen molar-refractivity contribution < 1.29 is 4.74 Å². The van der Waals surface area contributed by atoms with Gasteiger partial charge in [-0.1, -0.05) is 18.9 Å². The van der Waals surface area contributed by atoms with Gasteiger partial charge in [0.05, 0.1) is 12.1 Å². The maximum atomic E-state index is 6.48. The van der Waals surface area contributed by atoms with E-state index in [9.17, 15) is 0 Å². The topological polar surface area (TPSA) is 48.1 Å². The Kier molecular flexibility index (Phi) is 4.81. The second-order valence-corrected chi connectivity index (χ2v) is 8.30. The van der Waals surface area contributed by atoms with Crippen LogP contribution < -0.4 is 4.74 Å². The van der Waals surface area contributed by atoms with Gasteiger partial charge in [-0.05, 0) is 43.9 Å². The van der Waals surface area contributed by atoms with Gasteiger partial charge in [0.1, 0.15) is 24.0 Å². The Bertz CT molecular complexity index is 931. The number of hydrogen-bond donors (Lipinski definition) is 0. The van der Waals surface area contributed by atoms with Gasteiger partial charge in [-0.25, -0.2) is 0 Å². The average Bonchev–Trinajstić information content (AvgIpc) is 3.45. The van der Waals surface area contributed by atoms with Crippen molar-refractivity contribution in [3.05, 3.63) is 42.6 Å². The van der Waals surface area contributed by atoms with Crippen molar-refractivity contribution in [2.24, 2.45) is 7.05 Å². The number of aromatic nitrogens is 4. The van der Waals surface area contributed by atoms with Crippen LogP contribution >= 0.6 is 0 Å². The quantitative estimate of drug-likeness (QED) is 0.674. The van der Waals surface area contributed by atoms with Gasteiger partial charge in [-0.15, -0.1) is 10.2 Å². The van der Waals surface area contributed by atoms with Crippen molar-refractivity contribution in [1.82, 2.24) is 24.2 Å². The third kappa shape index (κ3) is 3.41. The number of rotatable bonds is 5. The molecule has 1 saturated carbocycles. The molecule has 1 saturated heterocycles. The zero-order chi connectivity index (χ0) is 18.9. The molecular weight excluding hydrogens is 350 g/mol. The molecule has 1 aliphatic heterocycles. The van der Waals surface area contributed by atoms with Gasteiger partial charge in [0.2, 0.25) is 0 Å². The fraction of sp³-hybridized carbons (Fsp3) is 0.545. The number of hydrogen-bond acceptors (Lipinski definition) is 4. The molecule has 2 fully saturated rings. The van der Waals surface area contributed by atoms with Gasteiger partial charge in [0.25, 0.3) is 0 Å². The second kappa shape index (κ2) is 7.59. The van der Waals surface area contributed by atoms with E-state index in [1.165, 1.54) is 36.6 Å². The molecule has 0 unspecified atom stereocenters. The van der Waals surface area contributed by atoms with E-state index in [0.29, 0.717) is 6.04 Å². The highest BCUT2D eigenvalue weighted by molar-refractivity contribution is 5.86. The molecule has 0 spiro atoms. The molecule has 3 aromatic rings. The summed E-state index contributed by atoms with van der Waals surface area (Å²) in [5, 5.41) is 9.44. The number of nitrogens with zero attached hydrogens (tertiary/aromatic N) is 5. The van der Waals surface area contributed by atoms with Crippen molar-refractivity contribution in [2.75, 3.05) is 13.1 Å². The predicted octanol–water partition coefficient (Wildman–Crippen LogP) is 3.93. The van der Waals surface area contributed by atoms with Crippen LogP contribution in [0.25, 0.3) is 10.9 Å². The van der Waals surface area contributed by atoms with Crippen LogP contribution in [0.4, 0.5) is 0 Å². The maximum absolute atomic E-state index is 6.48. The molecule has 0 atom stereocenters. The van der Waals surface area contributed by atoms with Crippen LogP contribution in [0.1, 0.15) is 50.4 Å². The van der Waals surface area contributed by atoms with Crippen molar-refractivity contribution in [2.45, 2.75) is 57.2 Å². The summed E-state index contributed by atoms with van der Waals surface area (Å²) in [6.45, 7) is 2.94. The Morgan fingerprint density at radius 1 is 1.07 bits per heavy atom. The molecule has 2 aromatic heterocycles. The summed E-state index contributed by atoms with van der Waals surface area (Å²) < 4.78 is 10.9. The van der Waals surface area contributed by atoms with Gasteiger partial charge >= 0.3 is 0 Å². The summed E-state index contributed by atoms with van der Waals surface area (Å²) >= 11 is 0. The monoisotopic (exact) mass is 379 g/mol. The van der Waals surface area contributed by atoms with E-state index in [0.717, 1.165) is 44.0 Å². The normalized spacial score (nSPS) is 19.6. The van der Waals surface area contributed by atoms with E-state index in [-0.39, 0.29) is 6.10 Å². The third-order valence-electron chi connectivity index (χ3n) is 6.44.